The zero-order valence-electron chi connectivity index (χ0n) is 12.2. The predicted molar refractivity (Wildman–Crippen MR) is 77.5 cm³/mol. The Hall–Kier alpha value is -2.30. The third-order valence-corrected chi connectivity index (χ3v) is 3.53. The van der Waals surface area contributed by atoms with E-state index in [1.54, 1.807) is 0 Å². The highest BCUT2D eigenvalue weighted by atomic mass is 16.6. The maximum absolute atomic E-state index is 12.2. The molecule has 21 heavy (non-hydrogen) atoms. The molecule has 1 heterocycles. The molecule has 0 unspecified atom stereocenters. The van der Waals surface area contributed by atoms with E-state index >= 15 is 0 Å². The molecule has 1 aliphatic rings. The molecule has 0 spiro atoms. The Morgan fingerprint density at radius 2 is 2.05 bits per heavy atom. The lowest BCUT2D eigenvalue weighted by molar-refractivity contribution is -0.145. The Kier molecular flexibility index (Phi) is 4.98. The average molecular weight is 289 g/mol. The standard InChI is InChI=1S/C16H19NO4/c1-3-12-9-14(15(18)20-2)17(10-12)16(19)21-11-13-7-5-4-6-8-13/h3-8,14H,9-11H2,1-2H3/t14-/m0/s1. The molecule has 1 atom stereocenters. The van der Waals surface area contributed by atoms with Crippen LogP contribution in [-0.2, 0) is 20.9 Å². The van der Waals surface area contributed by atoms with E-state index in [1.165, 1.54) is 12.0 Å². The molecule has 1 aromatic carbocycles. The van der Waals surface area contributed by atoms with Gasteiger partial charge in [-0.15, -0.1) is 0 Å². The van der Waals surface area contributed by atoms with Crippen molar-refractivity contribution in [1.82, 2.24) is 4.90 Å². The van der Waals surface area contributed by atoms with Gasteiger partial charge in [-0.3, -0.25) is 4.90 Å². The summed E-state index contributed by atoms with van der Waals surface area (Å²) in [6.07, 6.45) is 1.93. The number of carbonyl (C=O) groups is 2. The van der Waals surface area contributed by atoms with E-state index in [9.17, 15) is 9.59 Å². The second kappa shape index (κ2) is 6.92. The van der Waals surface area contributed by atoms with Crippen LogP contribution >= 0.6 is 0 Å². The van der Waals surface area contributed by atoms with Crippen LogP contribution < -0.4 is 0 Å². The Morgan fingerprint density at radius 1 is 1.33 bits per heavy atom. The van der Waals surface area contributed by atoms with E-state index in [-0.39, 0.29) is 6.61 Å². The maximum atomic E-state index is 12.2. The van der Waals surface area contributed by atoms with Crippen molar-refractivity contribution in [3.8, 4) is 0 Å². The molecule has 5 heteroatoms. The summed E-state index contributed by atoms with van der Waals surface area (Å²) >= 11 is 0. The molecule has 1 aromatic rings. The van der Waals surface area contributed by atoms with E-state index in [0.29, 0.717) is 13.0 Å². The number of hydrogen-bond donors (Lipinski definition) is 0. The number of rotatable bonds is 3. The van der Waals surface area contributed by atoms with E-state index in [4.69, 9.17) is 9.47 Å². The lowest BCUT2D eigenvalue weighted by Crippen LogP contribution is -2.41. The Bertz CT molecular complexity index is 538. The summed E-state index contributed by atoms with van der Waals surface area (Å²) in [4.78, 5) is 25.4. The molecule has 0 N–H and O–H groups in total. The Labute approximate surface area is 124 Å². The molecule has 112 valence electrons. The van der Waals surface area contributed by atoms with Crippen molar-refractivity contribution in [2.75, 3.05) is 13.7 Å². The Balaban J connectivity index is 2.01. The third-order valence-electron chi connectivity index (χ3n) is 3.53. The van der Waals surface area contributed by atoms with Crippen molar-refractivity contribution in [2.24, 2.45) is 0 Å². The fourth-order valence-electron chi connectivity index (χ4n) is 2.30. The van der Waals surface area contributed by atoms with E-state index < -0.39 is 18.1 Å². The normalized spacial score (nSPS) is 19.6. The van der Waals surface area contributed by atoms with Gasteiger partial charge < -0.3 is 9.47 Å². The zero-order valence-corrected chi connectivity index (χ0v) is 12.2. The van der Waals surface area contributed by atoms with Crippen molar-refractivity contribution < 1.29 is 19.1 Å². The maximum Gasteiger partial charge on any atom is 0.411 e. The third kappa shape index (κ3) is 3.62. The van der Waals surface area contributed by atoms with E-state index in [1.807, 2.05) is 43.3 Å². The largest absolute Gasteiger partial charge is 0.467 e. The van der Waals surface area contributed by atoms with Gasteiger partial charge in [0, 0.05) is 13.0 Å². The predicted octanol–water partition coefficient (Wildman–Crippen LogP) is 2.52. The molecule has 1 fully saturated rings. The first kappa shape index (κ1) is 15.1. The minimum atomic E-state index is -0.593. The van der Waals surface area contributed by atoms with Gasteiger partial charge in [-0.25, -0.2) is 9.59 Å². The van der Waals surface area contributed by atoms with E-state index in [2.05, 4.69) is 0 Å². The molecule has 0 saturated carbocycles. The van der Waals surface area contributed by atoms with Crippen LogP contribution in [0.25, 0.3) is 0 Å². The van der Waals surface area contributed by atoms with Gasteiger partial charge in [-0.1, -0.05) is 42.0 Å². The molecule has 1 amide bonds. The first-order chi connectivity index (χ1) is 10.2. The molecule has 0 bridgehead atoms. The fourth-order valence-corrected chi connectivity index (χ4v) is 2.30. The van der Waals surface area contributed by atoms with Crippen LogP contribution in [0.4, 0.5) is 4.79 Å². The van der Waals surface area contributed by atoms with E-state index in [0.717, 1.165) is 11.1 Å². The summed E-state index contributed by atoms with van der Waals surface area (Å²) in [6.45, 7) is 2.49. The minimum absolute atomic E-state index is 0.190. The zero-order chi connectivity index (χ0) is 15.2. The Morgan fingerprint density at radius 3 is 2.67 bits per heavy atom. The highest BCUT2D eigenvalue weighted by Gasteiger charge is 2.38. The van der Waals surface area contributed by atoms with Gasteiger partial charge in [0.05, 0.1) is 7.11 Å². The average Bonchev–Trinajstić information content (AvgIpc) is 2.97. The van der Waals surface area contributed by atoms with Crippen molar-refractivity contribution in [2.45, 2.75) is 26.0 Å². The molecule has 1 aliphatic heterocycles. The van der Waals surface area contributed by atoms with Gasteiger partial charge in [0.2, 0.25) is 0 Å². The SMILES string of the molecule is CC=C1C[C@@H](C(=O)OC)N(C(=O)OCc2ccccc2)C1. The van der Waals surface area contributed by atoms with Crippen molar-refractivity contribution in [3.63, 3.8) is 0 Å². The number of esters is 1. The number of allylic oxidation sites excluding steroid dienone is 1. The second-order valence-electron chi connectivity index (χ2n) is 4.86. The lowest BCUT2D eigenvalue weighted by Gasteiger charge is -2.21. The second-order valence-corrected chi connectivity index (χ2v) is 4.86. The van der Waals surface area contributed by atoms with Crippen molar-refractivity contribution >= 4 is 12.1 Å². The van der Waals surface area contributed by atoms with Gasteiger partial charge in [0.1, 0.15) is 12.6 Å². The van der Waals surface area contributed by atoms with Crippen LogP contribution in [0.1, 0.15) is 18.9 Å². The summed E-state index contributed by atoms with van der Waals surface area (Å²) in [6, 6.07) is 8.84. The van der Waals surface area contributed by atoms with Gasteiger partial charge >= 0.3 is 12.1 Å². The molecule has 1 saturated heterocycles. The van der Waals surface area contributed by atoms with Gasteiger partial charge in [0.15, 0.2) is 0 Å². The van der Waals surface area contributed by atoms with Crippen LogP contribution in [0.2, 0.25) is 0 Å². The summed E-state index contributed by atoms with van der Waals surface area (Å²) in [5, 5.41) is 0. The first-order valence-corrected chi connectivity index (χ1v) is 6.85. The smallest absolute Gasteiger partial charge is 0.411 e. The molecule has 0 aliphatic carbocycles. The summed E-state index contributed by atoms with van der Waals surface area (Å²) in [5.41, 5.74) is 1.94. The number of nitrogens with zero attached hydrogens (tertiary/aromatic N) is 1. The molecular formula is C16H19NO4. The summed E-state index contributed by atoms with van der Waals surface area (Å²) in [7, 11) is 1.32. The molecular weight excluding hydrogens is 270 g/mol. The first-order valence-electron chi connectivity index (χ1n) is 6.85. The highest BCUT2D eigenvalue weighted by molar-refractivity contribution is 5.83. The molecule has 0 aromatic heterocycles. The summed E-state index contributed by atoms with van der Waals surface area (Å²) < 4.78 is 10.0. The van der Waals surface area contributed by atoms with Crippen LogP contribution in [0.5, 0.6) is 0 Å². The topological polar surface area (TPSA) is 55.8 Å². The number of benzene rings is 1. The number of hydrogen-bond acceptors (Lipinski definition) is 4. The lowest BCUT2D eigenvalue weighted by atomic mass is 10.1. The molecule has 5 nitrogen and oxygen atoms in total. The number of likely N-dealkylation sites (tertiary alicyclic amines) is 1. The van der Waals surface area contributed by atoms with Crippen molar-refractivity contribution in [1.29, 1.82) is 0 Å². The number of amides is 1. The van der Waals surface area contributed by atoms with Crippen LogP contribution in [-0.4, -0.2) is 36.7 Å². The van der Waals surface area contributed by atoms with Gasteiger partial charge in [0.25, 0.3) is 0 Å². The monoisotopic (exact) mass is 289 g/mol. The fraction of sp³-hybridized carbons (Fsp3) is 0.375. The number of carbonyl (C=O) groups excluding carboxylic acids is 2. The van der Waals surface area contributed by atoms with Crippen LogP contribution in [0.15, 0.2) is 42.0 Å². The molecule has 2 rings (SSSR count). The van der Waals surface area contributed by atoms with Crippen LogP contribution in [0.3, 0.4) is 0 Å². The van der Waals surface area contributed by atoms with Gasteiger partial charge in [-0.2, -0.15) is 0 Å². The number of ether oxygens (including phenoxy) is 2. The number of methoxy groups -OCH3 is 1. The summed E-state index contributed by atoms with van der Waals surface area (Å²) in [5.74, 6) is -0.413. The van der Waals surface area contributed by atoms with Crippen molar-refractivity contribution in [3.05, 3.63) is 47.5 Å². The quantitative estimate of drug-likeness (QED) is 0.634. The highest BCUT2D eigenvalue weighted by Crippen LogP contribution is 2.24. The molecule has 0 radical (unpaired) electrons. The minimum Gasteiger partial charge on any atom is -0.467 e. The van der Waals surface area contributed by atoms with Gasteiger partial charge in [-0.05, 0) is 12.5 Å². The van der Waals surface area contributed by atoms with Crippen LogP contribution in [0, 0.1) is 0 Å².